The molecule has 27 heavy (non-hydrogen) atoms. The van der Waals surface area contributed by atoms with Crippen molar-refractivity contribution >= 4 is 23.3 Å². The highest BCUT2D eigenvalue weighted by Gasteiger charge is 2.09. The molecule has 2 rings (SSSR count). The van der Waals surface area contributed by atoms with Crippen molar-refractivity contribution in [3.63, 3.8) is 0 Å². The number of nitrogens with two attached hydrogens (primary N) is 1. The molecule has 0 atom stereocenters. The van der Waals surface area contributed by atoms with Gasteiger partial charge in [0.25, 0.3) is 0 Å². The van der Waals surface area contributed by atoms with Crippen LogP contribution in [0.2, 0.25) is 0 Å². The number of nitrogen functional groups attached to an aromatic ring is 1. The van der Waals surface area contributed by atoms with Crippen molar-refractivity contribution in [1.82, 2.24) is 0 Å². The molecule has 0 unspecified atom stereocenters. The third-order valence-corrected chi connectivity index (χ3v) is 3.74. The summed E-state index contributed by atoms with van der Waals surface area (Å²) in [7, 11) is 3.82. The summed E-state index contributed by atoms with van der Waals surface area (Å²) in [6.07, 6.45) is 0.873. The Balaban J connectivity index is 0.000000277. The smallest absolute Gasteiger partial charge is 0.340 e. The number of ether oxygens (including phenoxy) is 1. The first-order chi connectivity index (χ1) is 12.7. The van der Waals surface area contributed by atoms with Crippen molar-refractivity contribution in [1.29, 1.82) is 0 Å². The normalized spacial score (nSPS) is 9.96. The van der Waals surface area contributed by atoms with E-state index in [9.17, 15) is 9.59 Å². The number of nitrogens with zero attached hydrogens (tertiary/aromatic N) is 1. The van der Waals surface area contributed by atoms with E-state index in [0.29, 0.717) is 29.3 Å². The maximum Gasteiger partial charge on any atom is 0.340 e. The highest BCUT2D eigenvalue weighted by molar-refractivity contribution is 5.94. The van der Waals surface area contributed by atoms with E-state index >= 15 is 0 Å². The van der Waals surface area contributed by atoms with Crippen LogP contribution < -0.4 is 10.6 Å². The average molecular weight is 372 g/mol. The van der Waals surface area contributed by atoms with Crippen LogP contribution in [0.25, 0.3) is 0 Å². The minimum Gasteiger partial charge on any atom is -0.478 e. The van der Waals surface area contributed by atoms with Crippen molar-refractivity contribution in [2.45, 2.75) is 20.3 Å². The van der Waals surface area contributed by atoms with Crippen LogP contribution >= 0.6 is 0 Å². The molecule has 0 aliphatic heterocycles. The lowest BCUT2D eigenvalue weighted by molar-refractivity contribution is 0.0489. The first-order valence-corrected chi connectivity index (χ1v) is 8.74. The molecule has 3 N–H and O–H groups in total. The van der Waals surface area contributed by atoms with Crippen molar-refractivity contribution < 1.29 is 19.4 Å². The van der Waals surface area contributed by atoms with Gasteiger partial charge in [0.2, 0.25) is 0 Å². The standard InChI is InChI=1S/C12H17NO2.C9H11NO2/c1-9(2)7-8-15-12(14)10-5-3-4-6-11(10)13;1-10(2)8-5-3-7(4-6-8)9(11)12/h3-6,9H,7-8,13H2,1-2H3;3-6H,1-2H3,(H,11,12). The van der Waals surface area contributed by atoms with Gasteiger partial charge in [-0.15, -0.1) is 0 Å². The summed E-state index contributed by atoms with van der Waals surface area (Å²) in [5.41, 5.74) is 7.88. The second-order valence-corrected chi connectivity index (χ2v) is 6.65. The number of aromatic carboxylic acids is 1. The molecule has 0 amide bonds. The van der Waals surface area contributed by atoms with Crippen LogP contribution in [0, 0.1) is 5.92 Å². The van der Waals surface area contributed by atoms with E-state index in [-0.39, 0.29) is 5.97 Å². The highest BCUT2D eigenvalue weighted by Crippen LogP contribution is 2.13. The largest absolute Gasteiger partial charge is 0.478 e. The van der Waals surface area contributed by atoms with Gasteiger partial charge in [0.1, 0.15) is 0 Å². The number of carbonyl (C=O) groups is 2. The van der Waals surface area contributed by atoms with Crippen LogP contribution in [0.4, 0.5) is 11.4 Å². The summed E-state index contributed by atoms with van der Waals surface area (Å²) in [5, 5.41) is 8.60. The fourth-order valence-corrected chi connectivity index (χ4v) is 2.05. The van der Waals surface area contributed by atoms with Gasteiger partial charge in [-0.1, -0.05) is 26.0 Å². The number of carboxylic acids is 1. The van der Waals surface area contributed by atoms with Crippen LogP contribution in [0.1, 0.15) is 41.0 Å². The van der Waals surface area contributed by atoms with Crippen molar-refractivity contribution in [3.05, 3.63) is 59.7 Å². The third-order valence-electron chi connectivity index (χ3n) is 3.74. The van der Waals surface area contributed by atoms with Gasteiger partial charge in [-0.2, -0.15) is 0 Å². The summed E-state index contributed by atoms with van der Waals surface area (Å²) in [5.74, 6) is -0.694. The summed E-state index contributed by atoms with van der Waals surface area (Å²) in [6.45, 7) is 4.63. The fraction of sp³-hybridized carbons (Fsp3) is 0.333. The molecule has 0 saturated heterocycles. The van der Waals surface area contributed by atoms with E-state index in [1.807, 2.05) is 19.0 Å². The summed E-state index contributed by atoms with van der Waals surface area (Å²) in [6, 6.07) is 13.7. The van der Waals surface area contributed by atoms with Crippen LogP contribution in [-0.4, -0.2) is 37.7 Å². The molecular weight excluding hydrogens is 344 g/mol. The van der Waals surface area contributed by atoms with Gasteiger partial charge in [-0.25, -0.2) is 9.59 Å². The molecule has 0 heterocycles. The van der Waals surface area contributed by atoms with E-state index in [2.05, 4.69) is 13.8 Å². The first kappa shape index (κ1) is 22.0. The molecule has 0 fully saturated rings. The minimum absolute atomic E-state index is 0.320. The second kappa shape index (κ2) is 10.9. The molecule has 0 radical (unpaired) electrons. The van der Waals surface area contributed by atoms with Gasteiger partial charge in [-0.05, 0) is 48.7 Å². The Labute approximate surface area is 160 Å². The maximum atomic E-state index is 11.5. The van der Waals surface area contributed by atoms with Gasteiger partial charge in [0.15, 0.2) is 0 Å². The molecule has 0 saturated carbocycles. The number of esters is 1. The number of carboxylic acid groups (broad SMARTS) is 1. The third kappa shape index (κ3) is 7.81. The number of anilines is 2. The molecule has 0 aromatic heterocycles. The van der Waals surface area contributed by atoms with Crippen LogP contribution in [0.5, 0.6) is 0 Å². The molecule has 0 aliphatic rings. The second-order valence-electron chi connectivity index (χ2n) is 6.65. The van der Waals surface area contributed by atoms with Gasteiger partial charge >= 0.3 is 11.9 Å². The van der Waals surface area contributed by atoms with Gasteiger partial charge in [-0.3, -0.25) is 0 Å². The quantitative estimate of drug-likeness (QED) is 0.590. The summed E-state index contributed by atoms with van der Waals surface area (Å²) in [4.78, 5) is 23.9. The van der Waals surface area contributed by atoms with E-state index in [0.717, 1.165) is 12.1 Å². The molecule has 0 spiro atoms. The van der Waals surface area contributed by atoms with Gasteiger partial charge < -0.3 is 20.5 Å². The van der Waals surface area contributed by atoms with Crippen molar-refractivity contribution in [2.75, 3.05) is 31.3 Å². The molecular formula is C21H28N2O4. The summed E-state index contributed by atoms with van der Waals surface area (Å²) >= 11 is 0. The lowest BCUT2D eigenvalue weighted by atomic mass is 10.1. The molecule has 0 aliphatic carbocycles. The minimum atomic E-state index is -0.889. The molecule has 2 aromatic carbocycles. The Morgan fingerprint density at radius 1 is 1.07 bits per heavy atom. The molecule has 6 heteroatoms. The number of hydrogen-bond donors (Lipinski definition) is 2. The number of para-hydroxylation sites is 1. The molecule has 6 nitrogen and oxygen atoms in total. The monoisotopic (exact) mass is 372 g/mol. The SMILES string of the molecule is CC(C)CCOC(=O)c1ccccc1N.CN(C)c1ccc(C(=O)O)cc1. The van der Waals surface area contributed by atoms with Crippen LogP contribution in [0.3, 0.4) is 0 Å². The number of hydrogen-bond acceptors (Lipinski definition) is 5. The number of carbonyl (C=O) groups excluding carboxylic acids is 1. The van der Waals surface area contributed by atoms with Crippen molar-refractivity contribution in [3.8, 4) is 0 Å². The van der Waals surface area contributed by atoms with Gasteiger partial charge in [0.05, 0.1) is 17.7 Å². The zero-order valence-electron chi connectivity index (χ0n) is 16.3. The number of rotatable bonds is 6. The first-order valence-electron chi connectivity index (χ1n) is 8.74. The van der Waals surface area contributed by atoms with Gasteiger partial charge in [0, 0.05) is 25.5 Å². The Kier molecular flexibility index (Phi) is 8.85. The zero-order valence-corrected chi connectivity index (χ0v) is 16.3. The topological polar surface area (TPSA) is 92.9 Å². The molecule has 146 valence electrons. The predicted octanol–water partition coefficient (Wildman–Crippen LogP) is 3.92. The average Bonchev–Trinajstić information content (AvgIpc) is 2.62. The van der Waals surface area contributed by atoms with Crippen LogP contribution in [0.15, 0.2) is 48.5 Å². The Morgan fingerprint density at radius 2 is 1.67 bits per heavy atom. The van der Waals surface area contributed by atoms with Crippen molar-refractivity contribution in [2.24, 2.45) is 5.92 Å². The molecule has 0 bridgehead atoms. The van der Waals surface area contributed by atoms with Crippen LogP contribution in [-0.2, 0) is 4.74 Å². The fourth-order valence-electron chi connectivity index (χ4n) is 2.05. The van der Waals surface area contributed by atoms with E-state index < -0.39 is 5.97 Å². The maximum absolute atomic E-state index is 11.5. The Morgan fingerprint density at radius 3 is 2.15 bits per heavy atom. The number of benzene rings is 2. The van der Waals surface area contributed by atoms with E-state index in [4.69, 9.17) is 15.6 Å². The lowest BCUT2D eigenvalue weighted by Crippen LogP contribution is -2.10. The predicted molar refractivity (Wildman–Crippen MR) is 108 cm³/mol. The highest BCUT2D eigenvalue weighted by atomic mass is 16.5. The zero-order chi connectivity index (χ0) is 20.4. The lowest BCUT2D eigenvalue weighted by Gasteiger charge is -2.11. The Hall–Kier alpha value is -3.02. The van der Waals surface area contributed by atoms with E-state index in [1.54, 1.807) is 48.5 Å². The van der Waals surface area contributed by atoms with E-state index in [1.165, 1.54) is 0 Å². The summed E-state index contributed by atoms with van der Waals surface area (Å²) < 4.78 is 5.10. The Bertz CT molecular complexity index is 740. The molecule has 2 aromatic rings.